The van der Waals surface area contributed by atoms with Crippen molar-refractivity contribution in [1.29, 1.82) is 0 Å². The molecule has 1 aromatic heterocycles. The monoisotopic (exact) mass is 854 g/mol. The molecule has 0 aliphatic heterocycles. The number of anilines is 3. The van der Waals surface area contributed by atoms with Gasteiger partial charge in [0.1, 0.15) is 0 Å². The molecule has 11 aromatic carbocycles. The van der Waals surface area contributed by atoms with Crippen molar-refractivity contribution in [2.45, 2.75) is 19.3 Å². The lowest BCUT2D eigenvalue weighted by molar-refractivity contribution is 0.660. The van der Waals surface area contributed by atoms with Gasteiger partial charge in [-0.3, -0.25) is 0 Å². The molecular weight excluding hydrogens is 809 g/mol. The second kappa shape index (κ2) is 15.3. The van der Waals surface area contributed by atoms with Crippen LogP contribution in [0.3, 0.4) is 0 Å². The molecule has 0 unspecified atom stereocenters. The molecule has 0 saturated heterocycles. The quantitative estimate of drug-likeness (QED) is 0.145. The number of fused-ring (bicyclic) bond motifs is 9. The summed E-state index contributed by atoms with van der Waals surface area (Å²) in [4.78, 5) is 2.47. The maximum absolute atomic E-state index is 2.47. The third kappa shape index (κ3) is 6.25. The van der Waals surface area contributed by atoms with E-state index in [-0.39, 0.29) is 5.41 Å². The van der Waals surface area contributed by atoms with Gasteiger partial charge in [0.2, 0.25) is 0 Å². The fourth-order valence-corrected chi connectivity index (χ4v) is 11.1. The number of benzene rings is 11. The van der Waals surface area contributed by atoms with Gasteiger partial charge in [0.05, 0.1) is 16.7 Å². The van der Waals surface area contributed by atoms with E-state index >= 15 is 0 Å². The molecule has 316 valence electrons. The van der Waals surface area contributed by atoms with Crippen LogP contribution in [0.15, 0.2) is 243 Å². The van der Waals surface area contributed by atoms with Crippen LogP contribution >= 0.6 is 0 Å². The lowest BCUT2D eigenvalue weighted by Gasteiger charge is -2.29. The number of rotatable bonds is 7. The van der Waals surface area contributed by atoms with Crippen LogP contribution < -0.4 is 4.90 Å². The van der Waals surface area contributed by atoms with Crippen LogP contribution in [-0.4, -0.2) is 4.57 Å². The van der Waals surface area contributed by atoms with Crippen molar-refractivity contribution in [2.24, 2.45) is 0 Å². The fourth-order valence-electron chi connectivity index (χ4n) is 11.1. The molecule has 1 aliphatic rings. The Kier molecular flexibility index (Phi) is 8.91. The van der Waals surface area contributed by atoms with Crippen LogP contribution in [0, 0.1) is 0 Å². The number of hydrogen-bond donors (Lipinski definition) is 0. The molecule has 1 aliphatic carbocycles. The van der Waals surface area contributed by atoms with E-state index in [1.54, 1.807) is 0 Å². The molecular formula is C65H46N2. The van der Waals surface area contributed by atoms with Crippen molar-refractivity contribution in [3.05, 3.63) is 254 Å². The highest BCUT2D eigenvalue weighted by Gasteiger charge is 2.35. The molecule has 0 bridgehead atoms. The topological polar surface area (TPSA) is 8.17 Å². The summed E-state index contributed by atoms with van der Waals surface area (Å²) < 4.78 is 2.39. The van der Waals surface area contributed by atoms with E-state index in [1.807, 2.05) is 0 Å². The zero-order valence-electron chi connectivity index (χ0n) is 37.5. The molecule has 0 fully saturated rings. The smallest absolute Gasteiger partial charge is 0.0541 e. The van der Waals surface area contributed by atoms with E-state index in [1.165, 1.54) is 87.9 Å². The Morgan fingerprint density at radius 2 is 0.925 bits per heavy atom. The molecule has 0 N–H and O–H groups in total. The Labute approximate surface area is 391 Å². The first-order valence-electron chi connectivity index (χ1n) is 23.3. The van der Waals surface area contributed by atoms with Crippen molar-refractivity contribution >= 4 is 60.4 Å². The Bertz CT molecular complexity index is 3910. The van der Waals surface area contributed by atoms with Crippen molar-refractivity contribution in [3.8, 4) is 50.2 Å². The van der Waals surface area contributed by atoms with Gasteiger partial charge in [-0.25, -0.2) is 0 Å². The normalized spacial score (nSPS) is 12.7. The van der Waals surface area contributed by atoms with Gasteiger partial charge in [-0.05, 0) is 138 Å². The summed E-state index contributed by atoms with van der Waals surface area (Å²) in [5.41, 5.74) is 19.3. The van der Waals surface area contributed by atoms with E-state index in [2.05, 4.69) is 266 Å². The zero-order valence-corrected chi connectivity index (χ0v) is 37.5. The third-order valence-electron chi connectivity index (χ3n) is 14.4. The van der Waals surface area contributed by atoms with Crippen LogP contribution in [0.4, 0.5) is 17.1 Å². The van der Waals surface area contributed by atoms with Crippen LogP contribution in [0.1, 0.15) is 25.0 Å². The summed E-state index contributed by atoms with van der Waals surface area (Å²) >= 11 is 0. The van der Waals surface area contributed by atoms with Gasteiger partial charge in [0.15, 0.2) is 0 Å². The van der Waals surface area contributed by atoms with Crippen LogP contribution in [-0.2, 0) is 5.41 Å². The highest BCUT2D eigenvalue weighted by molar-refractivity contribution is 6.13. The van der Waals surface area contributed by atoms with E-state index in [0.29, 0.717) is 0 Å². The molecule has 67 heavy (non-hydrogen) atoms. The second-order valence-electron chi connectivity index (χ2n) is 18.5. The Balaban J connectivity index is 0.998. The van der Waals surface area contributed by atoms with Crippen molar-refractivity contribution < 1.29 is 0 Å². The molecule has 0 atom stereocenters. The van der Waals surface area contributed by atoms with Crippen LogP contribution in [0.25, 0.3) is 93.5 Å². The number of hydrogen-bond acceptors (Lipinski definition) is 1. The number of nitrogens with zero attached hydrogens (tertiary/aromatic N) is 2. The molecule has 0 spiro atoms. The van der Waals surface area contributed by atoms with Gasteiger partial charge >= 0.3 is 0 Å². The lowest BCUT2D eigenvalue weighted by Crippen LogP contribution is -2.14. The average molecular weight is 855 g/mol. The van der Waals surface area contributed by atoms with Gasteiger partial charge in [-0.15, -0.1) is 0 Å². The van der Waals surface area contributed by atoms with Crippen molar-refractivity contribution in [2.75, 3.05) is 4.90 Å². The molecule has 0 amide bonds. The highest BCUT2D eigenvalue weighted by Crippen LogP contribution is 2.50. The van der Waals surface area contributed by atoms with E-state index in [9.17, 15) is 0 Å². The first-order valence-corrected chi connectivity index (χ1v) is 23.3. The van der Waals surface area contributed by atoms with E-state index in [4.69, 9.17) is 0 Å². The Morgan fingerprint density at radius 1 is 0.328 bits per heavy atom. The van der Waals surface area contributed by atoms with Crippen LogP contribution in [0.2, 0.25) is 0 Å². The number of aromatic nitrogens is 1. The van der Waals surface area contributed by atoms with Gasteiger partial charge < -0.3 is 9.47 Å². The Hall–Kier alpha value is -8.46. The minimum Gasteiger partial charge on any atom is -0.310 e. The predicted octanol–water partition coefficient (Wildman–Crippen LogP) is 17.9. The molecule has 1 heterocycles. The van der Waals surface area contributed by atoms with Gasteiger partial charge in [0.25, 0.3) is 0 Å². The predicted molar refractivity (Wildman–Crippen MR) is 284 cm³/mol. The largest absolute Gasteiger partial charge is 0.310 e. The zero-order chi connectivity index (χ0) is 44.6. The minimum atomic E-state index is -0.0899. The molecule has 13 rings (SSSR count). The van der Waals surface area contributed by atoms with Gasteiger partial charge in [-0.2, -0.15) is 0 Å². The van der Waals surface area contributed by atoms with Crippen LogP contribution in [0.5, 0.6) is 0 Å². The Morgan fingerprint density at radius 3 is 1.79 bits per heavy atom. The summed E-state index contributed by atoms with van der Waals surface area (Å²) in [5, 5.41) is 7.50. The molecule has 0 saturated carbocycles. The standard InChI is InChI=1S/C65H46N2/c1-65(2)60-30-11-8-26-56(60)57-37-34-45(42-61(57)65)44-18-14-22-49(39-44)66(50-23-15-19-46(40-50)52-28-16-29-54-51-24-7-6-17-43(51)33-36-55(52)54)62-31-12-9-25-53(62)47-35-38-64-59(41-47)58-27-10-13-32-63(58)67(64)48-20-4-3-5-21-48/h3-42H,1-2H3. The van der Waals surface area contributed by atoms with E-state index in [0.717, 1.165) is 33.9 Å². The second-order valence-corrected chi connectivity index (χ2v) is 18.5. The summed E-state index contributed by atoms with van der Waals surface area (Å²) in [7, 11) is 0. The van der Waals surface area contributed by atoms with Gasteiger partial charge in [0, 0.05) is 38.8 Å². The van der Waals surface area contributed by atoms with Crippen molar-refractivity contribution in [3.63, 3.8) is 0 Å². The summed E-state index contributed by atoms with van der Waals surface area (Å²) in [6.45, 7) is 4.72. The minimum absolute atomic E-state index is 0.0899. The maximum Gasteiger partial charge on any atom is 0.0541 e. The first kappa shape index (κ1) is 39.0. The highest BCUT2D eigenvalue weighted by atomic mass is 15.1. The lowest BCUT2D eigenvalue weighted by atomic mass is 9.81. The molecule has 2 nitrogen and oxygen atoms in total. The molecule has 0 radical (unpaired) electrons. The molecule has 2 heteroatoms. The molecule has 12 aromatic rings. The summed E-state index contributed by atoms with van der Waals surface area (Å²) in [5.74, 6) is 0. The maximum atomic E-state index is 2.47. The fraction of sp³-hybridized carbons (Fsp3) is 0.0462. The van der Waals surface area contributed by atoms with Gasteiger partial charge in [-0.1, -0.05) is 190 Å². The summed E-state index contributed by atoms with van der Waals surface area (Å²) in [6, 6.07) is 89.6. The van der Waals surface area contributed by atoms with Crippen molar-refractivity contribution in [1.82, 2.24) is 4.57 Å². The third-order valence-corrected chi connectivity index (χ3v) is 14.4. The average Bonchev–Trinajstić information content (AvgIpc) is 3.84. The number of para-hydroxylation sites is 3. The van der Waals surface area contributed by atoms with E-state index < -0.39 is 0 Å². The summed E-state index contributed by atoms with van der Waals surface area (Å²) in [6.07, 6.45) is 0. The first-order chi connectivity index (χ1) is 33.0. The SMILES string of the molecule is CC1(C)c2ccccc2-c2ccc(-c3cccc(N(c4cccc(-c5cccc6c5ccc5ccccc56)c4)c4ccccc4-c4ccc5c(c4)c4ccccc4n5-c4ccccc4)c3)cc21.